The number of hydrogen-bond donors (Lipinski definition) is 2. The smallest absolute Gasteiger partial charge is 0.329 e. The molecule has 1 aliphatic rings. The molecule has 9 heteroatoms. The Morgan fingerprint density at radius 2 is 1.59 bits per heavy atom. The molecule has 1 atom stereocenters. The molecule has 0 bridgehead atoms. The van der Waals surface area contributed by atoms with Crippen molar-refractivity contribution in [3.63, 3.8) is 0 Å². The fourth-order valence-electron chi connectivity index (χ4n) is 2.97. The number of rotatable bonds is 9. The van der Waals surface area contributed by atoms with Gasteiger partial charge in [0.15, 0.2) is 6.61 Å². The highest BCUT2D eigenvalue weighted by molar-refractivity contribution is 6.22. The maximum Gasteiger partial charge on any atom is 0.329 e. The molecule has 1 aromatic rings. The zero-order valence-corrected chi connectivity index (χ0v) is 16.7. The molecule has 4 amide bonds. The van der Waals surface area contributed by atoms with Gasteiger partial charge in [-0.3, -0.25) is 24.1 Å². The number of amides is 4. The Hall–Kier alpha value is -3.23. The maximum absolute atomic E-state index is 12.7. The molecule has 0 saturated carbocycles. The van der Waals surface area contributed by atoms with Crippen molar-refractivity contribution in [2.75, 3.05) is 19.7 Å². The van der Waals surface area contributed by atoms with Crippen LogP contribution >= 0.6 is 0 Å². The first-order valence-corrected chi connectivity index (χ1v) is 9.43. The fourth-order valence-corrected chi connectivity index (χ4v) is 2.97. The van der Waals surface area contributed by atoms with Gasteiger partial charge in [0.05, 0.1) is 17.7 Å². The number of nitrogens with zero attached hydrogens (tertiary/aromatic N) is 1. The van der Waals surface area contributed by atoms with Crippen LogP contribution in [0.25, 0.3) is 0 Å². The summed E-state index contributed by atoms with van der Waals surface area (Å²) in [4.78, 5) is 62.1. The van der Waals surface area contributed by atoms with E-state index in [-0.39, 0.29) is 35.9 Å². The number of carbonyl (C=O) groups excluding carboxylic acids is 5. The highest BCUT2D eigenvalue weighted by atomic mass is 16.5. The van der Waals surface area contributed by atoms with Crippen LogP contribution in [0.1, 0.15) is 47.9 Å². The third-order valence-corrected chi connectivity index (χ3v) is 4.27. The van der Waals surface area contributed by atoms with Crippen LogP contribution in [-0.2, 0) is 19.1 Å². The number of likely N-dealkylation sites (N-methyl/N-ethyl adjacent to an activating group) is 1. The summed E-state index contributed by atoms with van der Waals surface area (Å²) in [6, 6.07) is 5.20. The van der Waals surface area contributed by atoms with Crippen molar-refractivity contribution in [1.82, 2.24) is 15.5 Å². The van der Waals surface area contributed by atoms with Crippen LogP contribution in [0.5, 0.6) is 0 Å². The first-order chi connectivity index (χ1) is 13.8. The van der Waals surface area contributed by atoms with E-state index in [1.54, 1.807) is 19.1 Å². The Morgan fingerprint density at radius 1 is 1.00 bits per heavy atom. The summed E-state index contributed by atoms with van der Waals surface area (Å²) in [6.45, 7) is 5.01. The molecule has 1 aliphatic heterocycles. The number of fused-ring (bicyclic) bond motifs is 1. The largest absolute Gasteiger partial charge is 0.454 e. The van der Waals surface area contributed by atoms with Crippen LogP contribution in [0, 0.1) is 5.92 Å². The maximum atomic E-state index is 12.7. The van der Waals surface area contributed by atoms with Crippen molar-refractivity contribution >= 4 is 29.6 Å². The van der Waals surface area contributed by atoms with Crippen molar-refractivity contribution in [3.8, 4) is 0 Å². The molecule has 29 heavy (non-hydrogen) atoms. The standard InChI is InChI=1S/C20H25N3O6/c1-4-21-16(24)10-22-17(25)11-29-20(28)15(9-12(2)3)23-18(26)13-7-5-6-8-14(13)19(23)27/h5-8,12,15H,4,9-11H2,1-3H3,(H,21,24)(H,22,25)/t15-/m1/s1. The summed E-state index contributed by atoms with van der Waals surface area (Å²) in [5.74, 6) is -3.00. The van der Waals surface area contributed by atoms with Gasteiger partial charge >= 0.3 is 5.97 Å². The lowest BCUT2D eigenvalue weighted by atomic mass is 10.0. The van der Waals surface area contributed by atoms with Gasteiger partial charge in [-0.05, 0) is 31.4 Å². The summed E-state index contributed by atoms with van der Waals surface area (Å²) < 4.78 is 5.04. The molecule has 0 spiro atoms. The van der Waals surface area contributed by atoms with E-state index in [0.717, 1.165) is 4.90 Å². The monoisotopic (exact) mass is 403 g/mol. The molecule has 0 saturated heterocycles. The molecular weight excluding hydrogens is 378 g/mol. The molecule has 1 aromatic carbocycles. The lowest BCUT2D eigenvalue weighted by Gasteiger charge is -2.25. The fraction of sp³-hybridized carbons (Fsp3) is 0.450. The van der Waals surface area contributed by atoms with Crippen molar-refractivity contribution in [1.29, 1.82) is 0 Å². The number of ether oxygens (including phenoxy) is 1. The highest BCUT2D eigenvalue weighted by Crippen LogP contribution is 2.27. The number of benzene rings is 1. The SMILES string of the molecule is CCNC(=O)CNC(=O)COC(=O)[C@@H](CC(C)C)N1C(=O)c2ccccc2C1=O. The minimum absolute atomic E-state index is 0.0107. The number of imide groups is 1. The molecule has 1 heterocycles. The lowest BCUT2D eigenvalue weighted by molar-refractivity contribution is -0.152. The molecular formula is C20H25N3O6. The van der Waals surface area contributed by atoms with E-state index in [1.165, 1.54) is 12.1 Å². The van der Waals surface area contributed by atoms with E-state index < -0.39 is 36.3 Å². The van der Waals surface area contributed by atoms with Crippen LogP contribution in [0.3, 0.4) is 0 Å². The summed E-state index contributed by atoms with van der Waals surface area (Å²) in [6.07, 6.45) is 0.199. The first-order valence-electron chi connectivity index (χ1n) is 9.43. The van der Waals surface area contributed by atoms with E-state index in [0.29, 0.717) is 6.54 Å². The van der Waals surface area contributed by atoms with Gasteiger partial charge in [0.25, 0.3) is 17.7 Å². The molecule has 156 valence electrons. The zero-order valence-electron chi connectivity index (χ0n) is 16.7. The third kappa shape index (κ3) is 5.40. The van der Waals surface area contributed by atoms with E-state index in [2.05, 4.69) is 10.6 Å². The van der Waals surface area contributed by atoms with Crippen LogP contribution in [0.2, 0.25) is 0 Å². The predicted octanol–water partition coefficient (Wildman–Crippen LogP) is 0.493. The minimum Gasteiger partial charge on any atom is -0.454 e. The van der Waals surface area contributed by atoms with E-state index in [9.17, 15) is 24.0 Å². The van der Waals surface area contributed by atoms with Crippen molar-refractivity contribution in [2.24, 2.45) is 5.92 Å². The first kappa shape index (κ1) is 22.1. The van der Waals surface area contributed by atoms with Gasteiger partial charge < -0.3 is 15.4 Å². The number of nitrogens with one attached hydrogen (secondary N) is 2. The molecule has 9 nitrogen and oxygen atoms in total. The Morgan fingerprint density at radius 3 is 2.10 bits per heavy atom. The lowest BCUT2D eigenvalue weighted by Crippen LogP contribution is -2.47. The molecule has 0 aliphatic carbocycles. The summed E-state index contributed by atoms with van der Waals surface area (Å²) in [5, 5.41) is 4.85. The summed E-state index contributed by atoms with van der Waals surface area (Å²) in [7, 11) is 0. The van der Waals surface area contributed by atoms with Crippen LogP contribution in [0.15, 0.2) is 24.3 Å². The topological polar surface area (TPSA) is 122 Å². The second-order valence-corrected chi connectivity index (χ2v) is 7.01. The number of esters is 1. The van der Waals surface area contributed by atoms with E-state index in [4.69, 9.17) is 4.74 Å². The quantitative estimate of drug-likeness (QED) is 0.457. The normalized spacial score (nSPS) is 13.9. The van der Waals surface area contributed by atoms with E-state index >= 15 is 0 Å². The highest BCUT2D eigenvalue weighted by Gasteiger charge is 2.43. The molecule has 2 rings (SSSR count). The Bertz CT molecular complexity index is 785. The van der Waals surface area contributed by atoms with Gasteiger partial charge in [-0.25, -0.2) is 4.79 Å². The number of hydrogen-bond acceptors (Lipinski definition) is 6. The molecule has 0 fully saturated rings. The summed E-state index contributed by atoms with van der Waals surface area (Å²) >= 11 is 0. The van der Waals surface area contributed by atoms with Gasteiger partial charge in [0.2, 0.25) is 5.91 Å². The van der Waals surface area contributed by atoms with Crippen molar-refractivity contribution < 1.29 is 28.7 Å². The van der Waals surface area contributed by atoms with Gasteiger partial charge in [-0.2, -0.15) is 0 Å². The van der Waals surface area contributed by atoms with Crippen LogP contribution in [0.4, 0.5) is 0 Å². The zero-order chi connectivity index (χ0) is 21.6. The van der Waals surface area contributed by atoms with E-state index in [1.807, 2.05) is 13.8 Å². The molecule has 0 aromatic heterocycles. The minimum atomic E-state index is -1.14. The molecule has 2 N–H and O–H groups in total. The molecule has 0 unspecified atom stereocenters. The number of carbonyl (C=O) groups is 5. The second kappa shape index (κ2) is 9.81. The van der Waals surface area contributed by atoms with Crippen molar-refractivity contribution in [2.45, 2.75) is 33.2 Å². The molecule has 0 radical (unpaired) electrons. The summed E-state index contributed by atoms with van der Waals surface area (Å²) in [5.41, 5.74) is 0.470. The van der Waals surface area contributed by atoms with Crippen LogP contribution < -0.4 is 10.6 Å². The predicted molar refractivity (Wildman–Crippen MR) is 103 cm³/mol. The Labute approximate surface area is 168 Å². The van der Waals surface area contributed by atoms with Crippen LogP contribution in [-0.4, -0.2) is 60.2 Å². The van der Waals surface area contributed by atoms with Gasteiger partial charge in [-0.15, -0.1) is 0 Å². The third-order valence-electron chi connectivity index (χ3n) is 4.27. The van der Waals surface area contributed by atoms with Gasteiger partial charge in [0, 0.05) is 6.54 Å². The second-order valence-electron chi connectivity index (χ2n) is 7.01. The van der Waals surface area contributed by atoms with Crippen molar-refractivity contribution in [3.05, 3.63) is 35.4 Å². The van der Waals surface area contributed by atoms with Gasteiger partial charge in [-0.1, -0.05) is 26.0 Å². The average molecular weight is 403 g/mol. The Kier molecular flexibility index (Phi) is 7.46. The Balaban J connectivity index is 2.04. The van der Waals surface area contributed by atoms with Gasteiger partial charge in [0.1, 0.15) is 6.04 Å². The average Bonchev–Trinajstić information content (AvgIpc) is 2.93.